The normalized spacial score (nSPS) is 19.1. The van der Waals surface area contributed by atoms with Gasteiger partial charge in [-0.3, -0.25) is 9.48 Å². The van der Waals surface area contributed by atoms with Gasteiger partial charge < -0.3 is 10.2 Å². The second-order valence-corrected chi connectivity index (χ2v) is 7.06. The molecule has 1 amide bonds. The number of hydrogen-bond acceptors (Lipinski definition) is 3. The number of anilines is 1. The van der Waals surface area contributed by atoms with Crippen molar-refractivity contribution in [1.29, 1.82) is 0 Å². The van der Waals surface area contributed by atoms with Crippen LogP contribution in [0.1, 0.15) is 17.0 Å². The number of nitrogens with zero attached hydrogens (tertiary/aromatic N) is 3. The fraction of sp³-hybridized carbons (Fsp3) is 0.273. The van der Waals surface area contributed by atoms with Gasteiger partial charge in [-0.15, -0.1) is 0 Å². The van der Waals surface area contributed by atoms with E-state index in [1.54, 1.807) is 4.68 Å². The van der Waals surface area contributed by atoms with Crippen LogP contribution in [0, 0.1) is 5.92 Å². The number of nitrogens with one attached hydrogen (secondary N) is 1. The molecule has 0 spiro atoms. The van der Waals surface area contributed by atoms with E-state index in [9.17, 15) is 4.79 Å². The quantitative estimate of drug-likeness (QED) is 0.761. The maximum atomic E-state index is 13.6. The minimum atomic E-state index is -0.0990. The van der Waals surface area contributed by atoms with E-state index < -0.39 is 0 Å². The number of para-hydroxylation sites is 1. The summed E-state index contributed by atoms with van der Waals surface area (Å²) in [5.41, 5.74) is 3.18. The van der Waals surface area contributed by atoms with Crippen LogP contribution in [0.2, 0.25) is 0 Å². The molecule has 5 nitrogen and oxygen atoms in total. The van der Waals surface area contributed by atoms with Gasteiger partial charge in [-0.05, 0) is 23.3 Å². The second-order valence-electron chi connectivity index (χ2n) is 7.06. The zero-order chi connectivity index (χ0) is 18.6. The predicted octanol–water partition coefficient (Wildman–Crippen LogP) is 2.96. The molecule has 0 bridgehead atoms. The lowest BCUT2D eigenvalue weighted by Gasteiger charge is -2.28. The molecular weight excluding hydrogens is 336 g/mol. The molecule has 0 aliphatic carbocycles. The van der Waals surface area contributed by atoms with Crippen molar-refractivity contribution < 1.29 is 4.79 Å². The lowest BCUT2D eigenvalue weighted by molar-refractivity contribution is -0.122. The lowest BCUT2D eigenvalue weighted by Crippen LogP contribution is -2.38. The van der Waals surface area contributed by atoms with Gasteiger partial charge in [0, 0.05) is 37.9 Å². The zero-order valence-electron chi connectivity index (χ0n) is 15.5. The first-order valence-corrected chi connectivity index (χ1v) is 9.32. The highest BCUT2D eigenvalue weighted by atomic mass is 16.2. The highest BCUT2D eigenvalue weighted by Crippen LogP contribution is 2.31. The first-order valence-electron chi connectivity index (χ1n) is 9.32. The van der Waals surface area contributed by atoms with Gasteiger partial charge in [0.25, 0.3) is 0 Å². The van der Waals surface area contributed by atoms with Crippen LogP contribution in [0.3, 0.4) is 0 Å². The molecule has 5 heteroatoms. The first-order chi connectivity index (χ1) is 13.2. The summed E-state index contributed by atoms with van der Waals surface area (Å²) in [6.07, 6.45) is 3.89. The van der Waals surface area contributed by atoms with Gasteiger partial charge in [0.05, 0.1) is 18.7 Å². The topological polar surface area (TPSA) is 50.2 Å². The van der Waals surface area contributed by atoms with Crippen molar-refractivity contribution in [2.24, 2.45) is 13.0 Å². The summed E-state index contributed by atoms with van der Waals surface area (Å²) in [7, 11) is 1.91. The summed E-state index contributed by atoms with van der Waals surface area (Å²) in [6.45, 7) is 2.06. The van der Waals surface area contributed by atoms with E-state index in [-0.39, 0.29) is 17.7 Å². The molecule has 2 heterocycles. The fourth-order valence-corrected chi connectivity index (χ4v) is 3.79. The van der Waals surface area contributed by atoms with Crippen LogP contribution in [-0.4, -0.2) is 28.8 Å². The molecule has 1 N–H and O–H groups in total. The first kappa shape index (κ1) is 17.5. The van der Waals surface area contributed by atoms with E-state index >= 15 is 0 Å². The van der Waals surface area contributed by atoms with Crippen LogP contribution in [0.4, 0.5) is 5.69 Å². The van der Waals surface area contributed by atoms with Crippen molar-refractivity contribution in [1.82, 2.24) is 15.1 Å². The van der Waals surface area contributed by atoms with Crippen LogP contribution in [0.5, 0.6) is 0 Å². The fourth-order valence-electron chi connectivity index (χ4n) is 3.79. The second kappa shape index (κ2) is 7.76. The van der Waals surface area contributed by atoms with E-state index in [0.717, 1.165) is 23.4 Å². The Morgan fingerprint density at radius 2 is 1.81 bits per heavy atom. The Kier molecular flexibility index (Phi) is 5.03. The standard InChI is InChI=1S/C22H24N4O/c1-25-16-18(12-24-25)20-13-23-14-21(20)22(27)26(19-10-6-3-7-11-19)15-17-8-4-2-5-9-17/h2-12,16,20-21,23H,13-15H2,1H3/t20-,21+/m1/s1. The molecule has 138 valence electrons. The largest absolute Gasteiger partial charge is 0.315 e. The van der Waals surface area contributed by atoms with Crippen LogP contribution < -0.4 is 10.2 Å². The van der Waals surface area contributed by atoms with Gasteiger partial charge in [0.2, 0.25) is 5.91 Å². The molecule has 0 saturated carbocycles. The van der Waals surface area contributed by atoms with Crippen molar-refractivity contribution in [2.45, 2.75) is 12.5 Å². The molecule has 1 aromatic heterocycles. The SMILES string of the molecule is Cn1cc([C@H]2CNC[C@@H]2C(=O)N(Cc2ccccc2)c2ccccc2)cn1. The van der Waals surface area contributed by atoms with Gasteiger partial charge >= 0.3 is 0 Å². The number of carbonyl (C=O) groups is 1. The molecular formula is C22H24N4O. The minimum Gasteiger partial charge on any atom is -0.315 e. The van der Waals surface area contributed by atoms with E-state index in [1.165, 1.54) is 0 Å². The van der Waals surface area contributed by atoms with Crippen LogP contribution >= 0.6 is 0 Å². The molecule has 2 atom stereocenters. The van der Waals surface area contributed by atoms with Gasteiger partial charge in [0.1, 0.15) is 0 Å². The lowest BCUT2D eigenvalue weighted by atomic mass is 9.89. The Morgan fingerprint density at radius 3 is 2.48 bits per heavy atom. The number of amides is 1. The van der Waals surface area contributed by atoms with E-state index in [0.29, 0.717) is 13.1 Å². The van der Waals surface area contributed by atoms with E-state index in [2.05, 4.69) is 22.5 Å². The number of aromatic nitrogens is 2. The molecule has 4 rings (SSSR count). The third kappa shape index (κ3) is 3.78. The Balaban J connectivity index is 1.63. The summed E-state index contributed by atoms with van der Waals surface area (Å²) >= 11 is 0. The Morgan fingerprint density at radius 1 is 1.11 bits per heavy atom. The van der Waals surface area contributed by atoms with Crippen molar-refractivity contribution in [2.75, 3.05) is 18.0 Å². The molecule has 1 aliphatic heterocycles. The van der Waals surface area contributed by atoms with Gasteiger partial charge in [0.15, 0.2) is 0 Å². The average molecular weight is 360 g/mol. The molecule has 2 aromatic carbocycles. The summed E-state index contributed by atoms with van der Waals surface area (Å²) in [5.74, 6) is 0.204. The maximum Gasteiger partial charge on any atom is 0.232 e. The van der Waals surface area contributed by atoms with Crippen LogP contribution in [-0.2, 0) is 18.4 Å². The smallest absolute Gasteiger partial charge is 0.232 e. The molecule has 1 aliphatic rings. The van der Waals surface area contributed by atoms with E-state index in [4.69, 9.17) is 0 Å². The number of aryl methyl sites for hydroxylation is 1. The van der Waals surface area contributed by atoms with Gasteiger partial charge in [-0.25, -0.2) is 0 Å². The summed E-state index contributed by atoms with van der Waals surface area (Å²) in [4.78, 5) is 15.5. The molecule has 3 aromatic rings. The summed E-state index contributed by atoms with van der Waals surface area (Å²) in [6, 6.07) is 20.1. The molecule has 1 fully saturated rings. The Labute approximate surface area is 159 Å². The monoisotopic (exact) mass is 360 g/mol. The van der Waals surface area contributed by atoms with E-state index in [1.807, 2.05) is 72.9 Å². The molecule has 0 unspecified atom stereocenters. The average Bonchev–Trinajstić information content (AvgIpc) is 3.36. The third-order valence-electron chi connectivity index (χ3n) is 5.20. The summed E-state index contributed by atoms with van der Waals surface area (Å²) < 4.78 is 1.80. The predicted molar refractivity (Wildman–Crippen MR) is 106 cm³/mol. The Bertz CT molecular complexity index is 891. The van der Waals surface area contributed by atoms with Gasteiger partial charge in [-0.2, -0.15) is 5.10 Å². The van der Waals surface area contributed by atoms with Crippen LogP contribution in [0.25, 0.3) is 0 Å². The molecule has 0 radical (unpaired) electrons. The van der Waals surface area contributed by atoms with Crippen LogP contribution in [0.15, 0.2) is 73.1 Å². The van der Waals surface area contributed by atoms with Crippen molar-refractivity contribution in [3.8, 4) is 0 Å². The third-order valence-corrected chi connectivity index (χ3v) is 5.20. The highest BCUT2D eigenvalue weighted by Gasteiger charge is 2.37. The zero-order valence-corrected chi connectivity index (χ0v) is 15.5. The number of carbonyl (C=O) groups excluding carboxylic acids is 1. The van der Waals surface area contributed by atoms with Crippen molar-refractivity contribution in [3.63, 3.8) is 0 Å². The number of rotatable bonds is 5. The van der Waals surface area contributed by atoms with Crippen molar-refractivity contribution in [3.05, 3.63) is 84.2 Å². The number of hydrogen-bond donors (Lipinski definition) is 1. The highest BCUT2D eigenvalue weighted by molar-refractivity contribution is 5.96. The molecule has 1 saturated heterocycles. The summed E-state index contributed by atoms with van der Waals surface area (Å²) in [5, 5.41) is 7.69. The van der Waals surface area contributed by atoms with Crippen molar-refractivity contribution >= 4 is 11.6 Å². The molecule has 27 heavy (non-hydrogen) atoms. The number of benzene rings is 2. The van der Waals surface area contributed by atoms with Gasteiger partial charge in [-0.1, -0.05) is 48.5 Å². The maximum absolute atomic E-state index is 13.6. The minimum absolute atomic E-state index is 0.0990. The Hall–Kier alpha value is -2.92.